The second-order valence-electron chi connectivity index (χ2n) is 3.32. The molecule has 0 aliphatic rings. The number of halogens is 2. The van der Waals surface area contributed by atoms with E-state index in [4.69, 9.17) is 16.0 Å². The van der Waals surface area contributed by atoms with Gasteiger partial charge >= 0.3 is 0 Å². The molecule has 2 aromatic rings. The molecule has 0 fully saturated rings. The van der Waals surface area contributed by atoms with Crippen LogP contribution in [0.25, 0.3) is 0 Å². The SMILES string of the molecule is Fc1ccccc1CC(Cl)c1ccoc1. The van der Waals surface area contributed by atoms with Gasteiger partial charge in [-0.1, -0.05) is 18.2 Å². The van der Waals surface area contributed by atoms with E-state index in [9.17, 15) is 4.39 Å². The van der Waals surface area contributed by atoms with Gasteiger partial charge < -0.3 is 4.42 Å². The lowest BCUT2D eigenvalue weighted by Crippen LogP contribution is -1.96. The molecule has 1 aromatic heterocycles. The lowest BCUT2D eigenvalue weighted by atomic mass is 10.1. The first-order chi connectivity index (χ1) is 7.27. The Hall–Kier alpha value is -1.28. The van der Waals surface area contributed by atoms with Gasteiger partial charge in [-0.05, 0) is 24.1 Å². The Kier molecular flexibility index (Phi) is 3.07. The highest BCUT2D eigenvalue weighted by Crippen LogP contribution is 2.26. The van der Waals surface area contributed by atoms with E-state index in [0.717, 1.165) is 5.56 Å². The van der Waals surface area contributed by atoms with Crippen LogP contribution < -0.4 is 0 Å². The maximum Gasteiger partial charge on any atom is 0.126 e. The summed E-state index contributed by atoms with van der Waals surface area (Å²) in [6.07, 6.45) is 3.61. The van der Waals surface area contributed by atoms with Crippen LogP contribution in [0, 0.1) is 5.82 Å². The third-order valence-corrected chi connectivity index (χ3v) is 2.67. The molecular formula is C12H10ClFO. The predicted octanol–water partition coefficient (Wildman–Crippen LogP) is 3.94. The molecule has 0 aliphatic carbocycles. The molecule has 1 aromatic carbocycles. The minimum absolute atomic E-state index is 0.216. The van der Waals surface area contributed by atoms with Crippen LogP contribution in [0.4, 0.5) is 4.39 Å². The first-order valence-corrected chi connectivity index (χ1v) is 5.10. The Labute approximate surface area is 92.5 Å². The molecule has 1 nitrogen and oxygen atoms in total. The highest BCUT2D eigenvalue weighted by Gasteiger charge is 2.12. The average molecular weight is 225 g/mol. The van der Waals surface area contributed by atoms with Gasteiger partial charge in [-0.2, -0.15) is 0 Å². The summed E-state index contributed by atoms with van der Waals surface area (Å²) >= 11 is 6.13. The third kappa shape index (κ3) is 2.39. The zero-order valence-electron chi connectivity index (χ0n) is 7.99. The summed E-state index contributed by atoms with van der Waals surface area (Å²) in [5, 5.41) is -0.249. The normalized spacial score (nSPS) is 12.7. The number of furan rings is 1. The van der Waals surface area contributed by atoms with Gasteiger partial charge in [0.05, 0.1) is 17.9 Å². The molecule has 0 amide bonds. The van der Waals surface area contributed by atoms with Crippen molar-refractivity contribution >= 4 is 11.6 Å². The van der Waals surface area contributed by atoms with E-state index in [1.54, 1.807) is 36.8 Å². The van der Waals surface area contributed by atoms with Crippen molar-refractivity contribution in [2.75, 3.05) is 0 Å². The largest absolute Gasteiger partial charge is 0.472 e. The van der Waals surface area contributed by atoms with E-state index < -0.39 is 0 Å². The number of benzene rings is 1. The average Bonchev–Trinajstić information content (AvgIpc) is 2.74. The summed E-state index contributed by atoms with van der Waals surface area (Å²) in [5.74, 6) is -0.216. The molecule has 0 bridgehead atoms. The fourth-order valence-corrected chi connectivity index (χ4v) is 1.72. The van der Waals surface area contributed by atoms with Crippen LogP contribution >= 0.6 is 11.6 Å². The first kappa shape index (κ1) is 10.2. The van der Waals surface area contributed by atoms with E-state index in [0.29, 0.717) is 12.0 Å². The quantitative estimate of drug-likeness (QED) is 0.720. The van der Waals surface area contributed by atoms with Crippen LogP contribution in [-0.4, -0.2) is 0 Å². The fraction of sp³-hybridized carbons (Fsp3) is 0.167. The zero-order chi connectivity index (χ0) is 10.7. The molecule has 0 spiro atoms. The smallest absolute Gasteiger partial charge is 0.126 e. The van der Waals surface area contributed by atoms with Crippen molar-refractivity contribution in [3.8, 4) is 0 Å². The van der Waals surface area contributed by atoms with Crippen molar-refractivity contribution in [2.24, 2.45) is 0 Å². The number of rotatable bonds is 3. The molecule has 15 heavy (non-hydrogen) atoms. The molecule has 0 radical (unpaired) electrons. The van der Waals surface area contributed by atoms with Crippen LogP contribution in [-0.2, 0) is 6.42 Å². The Bertz CT molecular complexity index is 425. The molecule has 3 heteroatoms. The summed E-state index contributed by atoms with van der Waals surface area (Å²) < 4.78 is 18.2. The van der Waals surface area contributed by atoms with Gasteiger partial charge in [0.1, 0.15) is 5.82 Å². The van der Waals surface area contributed by atoms with E-state index >= 15 is 0 Å². The number of hydrogen-bond donors (Lipinski definition) is 0. The molecule has 1 unspecified atom stereocenters. The van der Waals surface area contributed by atoms with E-state index in [1.807, 2.05) is 0 Å². The monoisotopic (exact) mass is 224 g/mol. The molecule has 0 N–H and O–H groups in total. The summed E-state index contributed by atoms with van der Waals surface area (Å²) in [6.45, 7) is 0. The lowest BCUT2D eigenvalue weighted by Gasteiger charge is -2.07. The van der Waals surface area contributed by atoms with Crippen molar-refractivity contribution in [1.82, 2.24) is 0 Å². The maximum absolute atomic E-state index is 13.3. The van der Waals surface area contributed by atoms with Gasteiger partial charge in [-0.25, -0.2) is 4.39 Å². The summed E-state index contributed by atoms with van der Waals surface area (Å²) in [7, 11) is 0. The Morgan fingerprint density at radius 1 is 1.27 bits per heavy atom. The van der Waals surface area contributed by atoms with Crippen molar-refractivity contribution in [3.05, 3.63) is 59.8 Å². The van der Waals surface area contributed by atoms with Crippen molar-refractivity contribution in [1.29, 1.82) is 0 Å². The van der Waals surface area contributed by atoms with Crippen molar-refractivity contribution in [3.63, 3.8) is 0 Å². The number of hydrogen-bond acceptors (Lipinski definition) is 1. The van der Waals surface area contributed by atoms with E-state index in [-0.39, 0.29) is 11.2 Å². The molecular weight excluding hydrogens is 215 g/mol. The third-order valence-electron chi connectivity index (χ3n) is 2.26. The van der Waals surface area contributed by atoms with Crippen LogP contribution in [0.5, 0.6) is 0 Å². The van der Waals surface area contributed by atoms with Gasteiger partial charge in [0.2, 0.25) is 0 Å². The van der Waals surface area contributed by atoms with Gasteiger partial charge in [0, 0.05) is 5.56 Å². The Morgan fingerprint density at radius 3 is 2.73 bits per heavy atom. The van der Waals surface area contributed by atoms with Crippen LogP contribution in [0.3, 0.4) is 0 Å². The highest BCUT2D eigenvalue weighted by molar-refractivity contribution is 6.20. The lowest BCUT2D eigenvalue weighted by molar-refractivity contribution is 0.562. The second-order valence-corrected chi connectivity index (χ2v) is 3.85. The van der Waals surface area contributed by atoms with Gasteiger partial charge in [0.15, 0.2) is 0 Å². The van der Waals surface area contributed by atoms with E-state index in [2.05, 4.69) is 0 Å². The summed E-state index contributed by atoms with van der Waals surface area (Å²) in [6, 6.07) is 8.44. The Balaban J connectivity index is 2.13. The van der Waals surface area contributed by atoms with Crippen LogP contribution in [0.1, 0.15) is 16.5 Å². The van der Waals surface area contributed by atoms with Gasteiger partial charge in [-0.3, -0.25) is 0 Å². The van der Waals surface area contributed by atoms with Gasteiger partial charge in [-0.15, -0.1) is 11.6 Å². The highest BCUT2D eigenvalue weighted by atomic mass is 35.5. The van der Waals surface area contributed by atoms with E-state index in [1.165, 1.54) is 6.07 Å². The van der Waals surface area contributed by atoms with Crippen molar-refractivity contribution in [2.45, 2.75) is 11.8 Å². The molecule has 1 atom stereocenters. The molecule has 1 heterocycles. The van der Waals surface area contributed by atoms with Crippen molar-refractivity contribution < 1.29 is 8.81 Å². The standard InChI is InChI=1S/C12H10ClFO/c13-11(10-5-6-15-8-10)7-9-3-1-2-4-12(9)14/h1-6,8,11H,7H2. The number of alkyl halides is 1. The van der Waals surface area contributed by atoms with Crippen LogP contribution in [0.15, 0.2) is 47.3 Å². The fourth-order valence-electron chi connectivity index (χ4n) is 1.43. The Morgan fingerprint density at radius 2 is 2.07 bits per heavy atom. The molecule has 78 valence electrons. The minimum Gasteiger partial charge on any atom is -0.472 e. The minimum atomic E-state index is -0.249. The first-order valence-electron chi connectivity index (χ1n) is 4.67. The van der Waals surface area contributed by atoms with Crippen LogP contribution in [0.2, 0.25) is 0 Å². The second kappa shape index (κ2) is 4.49. The molecule has 0 saturated carbocycles. The maximum atomic E-state index is 13.3. The van der Waals surface area contributed by atoms with Gasteiger partial charge in [0.25, 0.3) is 0 Å². The zero-order valence-corrected chi connectivity index (χ0v) is 8.75. The summed E-state index contributed by atoms with van der Waals surface area (Å²) in [4.78, 5) is 0. The topological polar surface area (TPSA) is 13.1 Å². The summed E-state index contributed by atoms with van der Waals surface area (Å²) in [5.41, 5.74) is 1.50. The molecule has 0 aliphatic heterocycles. The molecule has 0 saturated heterocycles. The predicted molar refractivity (Wildman–Crippen MR) is 57.4 cm³/mol. The molecule has 2 rings (SSSR count).